The number of sulfonamides is 1. The van der Waals surface area contributed by atoms with Gasteiger partial charge in [-0.05, 0) is 24.5 Å². The Morgan fingerprint density at radius 1 is 1.63 bits per heavy atom. The fourth-order valence-corrected chi connectivity index (χ4v) is 5.14. The highest BCUT2D eigenvalue weighted by Gasteiger charge is 2.33. The molecule has 0 aliphatic carbocycles. The Balaban J connectivity index is 2.16. The molecule has 1 unspecified atom stereocenters. The van der Waals surface area contributed by atoms with E-state index >= 15 is 0 Å². The van der Waals surface area contributed by atoms with Crippen molar-refractivity contribution in [2.24, 2.45) is 11.7 Å². The summed E-state index contributed by atoms with van der Waals surface area (Å²) in [4.78, 5) is 0.853. The third-order valence-corrected chi connectivity index (χ3v) is 6.87. The largest absolute Gasteiger partial charge is 0.389 e. The average molecular weight is 320 g/mol. The van der Waals surface area contributed by atoms with Crippen LogP contribution >= 0.6 is 23.6 Å². The molecule has 1 aromatic heterocycles. The normalized spacial score (nSPS) is 20.8. The smallest absolute Gasteiger partial charge is 0.252 e. The maximum atomic E-state index is 12.4. The SMILES string of the molecule is COCC1CCN(S(=O)(=O)c2ccc(C(N)=S)s2)C1. The molecule has 1 aliphatic rings. The third kappa shape index (κ3) is 3.14. The molecule has 8 heteroatoms. The van der Waals surface area contributed by atoms with Gasteiger partial charge in [-0.15, -0.1) is 11.3 Å². The molecule has 1 fully saturated rings. The second kappa shape index (κ2) is 5.84. The van der Waals surface area contributed by atoms with Crippen LogP contribution in [0.2, 0.25) is 0 Å². The number of rotatable bonds is 5. The zero-order valence-corrected chi connectivity index (χ0v) is 13.0. The van der Waals surface area contributed by atoms with Crippen LogP contribution < -0.4 is 5.73 Å². The topological polar surface area (TPSA) is 72.6 Å². The van der Waals surface area contributed by atoms with E-state index in [4.69, 9.17) is 22.7 Å². The van der Waals surface area contributed by atoms with Crippen LogP contribution in [0.3, 0.4) is 0 Å². The summed E-state index contributed by atoms with van der Waals surface area (Å²) in [5.74, 6) is 0.273. The summed E-state index contributed by atoms with van der Waals surface area (Å²) in [5.41, 5.74) is 5.50. The fourth-order valence-electron chi connectivity index (χ4n) is 2.11. The van der Waals surface area contributed by atoms with Gasteiger partial charge < -0.3 is 10.5 Å². The Bertz CT molecular complexity index is 567. The Morgan fingerprint density at radius 3 is 2.95 bits per heavy atom. The maximum Gasteiger partial charge on any atom is 0.252 e. The lowest BCUT2D eigenvalue weighted by atomic mass is 10.1. The fraction of sp³-hybridized carbons (Fsp3) is 0.545. The first-order valence-electron chi connectivity index (χ1n) is 5.84. The third-order valence-electron chi connectivity index (χ3n) is 3.07. The quantitative estimate of drug-likeness (QED) is 0.821. The number of hydrogen-bond donors (Lipinski definition) is 1. The first-order chi connectivity index (χ1) is 8.95. The van der Waals surface area contributed by atoms with Crippen molar-refractivity contribution >= 4 is 38.6 Å². The minimum absolute atomic E-state index is 0.227. The Morgan fingerprint density at radius 2 is 2.37 bits per heavy atom. The van der Waals surface area contributed by atoms with Gasteiger partial charge in [-0.1, -0.05) is 12.2 Å². The van der Waals surface area contributed by atoms with E-state index in [0.717, 1.165) is 17.8 Å². The van der Waals surface area contributed by atoms with Crippen LogP contribution in [-0.2, 0) is 14.8 Å². The lowest BCUT2D eigenvalue weighted by molar-refractivity contribution is 0.157. The molecule has 0 amide bonds. The second-order valence-corrected chi connectivity index (χ2v) is 8.14. The number of ether oxygens (including phenoxy) is 1. The molecule has 106 valence electrons. The van der Waals surface area contributed by atoms with E-state index in [9.17, 15) is 8.42 Å². The Hall–Kier alpha value is -0.540. The molecular formula is C11H16N2O3S3. The van der Waals surface area contributed by atoms with Crippen molar-refractivity contribution in [2.75, 3.05) is 26.8 Å². The minimum Gasteiger partial charge on any atom is -0.389 e. The van der Waals surface area contributed by atoms with Gasteiger partial charge in [0.2, 0.25) is 0 Å². The van der Waals surface area contributed by atoms with Gasteiger partial charge in [0.25, 0.3) is 10.0 Å². The van der Waals surface area contributed by atoms with Crippen molar-refractivity contribution < 1.29 is 13.2 Å². The predicted octanol–water partition coefficient (Wildman–Crippen LogP) is 1.04. The summed E-state index contributed by atoms with van der Waals surface area (Å²) < 4.78 is 31.7. The summed E-state index contributed by atoms with van der Waals surface area (Å²) in [6.07, 6.45) is 0.834. The van der Waals surface area contributed by atoms with Gasteiger partial charge in [-0.25, -0.2) is 8.42 Å². The van der Waals surface area contributed by atoms with Crippen LogP contribution in [0.1, 0.15) is 11.3 Å². The minimum atomic E-state index is -3.42. The number of thiocarbonyl (C=S) groups is 1. The van der Waals surface area contributed by atoms with Crippen LogP contribution in [-0.4, -0.2) is 44.5 Å². The monoisotopic (exact) mass is 320 g/mol. The zero-order chi connectivity index (χ0) is 14.0. The molecule has 1 aliphatic heterocycles. The van der Waals surface area contributed by atoms with Crippen LogP contribution in [0.5, 0.6) is 0 Å². The summed E-state index contributed by atoms with van der Waals surface area (Å²) in [6.45, 7) is 1.64. The van der Waals surface area contributed by atoms with Crippen molar-refractivity contribution in [3.8, 4) is 0 Å². The van der Waals surface area contributed by atoms with E-state index in [-0.39, 0.29) is 10.9 Å². The standard InChI is InChI=1S/C11H16N2O3S3/c1-16-7-8-4-5-13(6-8)19(14,15)10-3-2-9(18-10)11(12)17/h2-3,8H,4-7H2,1H3,(H2,12,17). The summed E-state index contributed by atoms with van der Waals surface area (Å²) in [5, 5.41) is 0. The average Bonchev–Trinajstić information content (AvgIpc) is 2.98. The molecule has 1 aromatic rings. The molecule has 0 aromatic carbocycles. The summed E-state index contributed by atoms with van der Waals surface area (Å²) in [6, 6.07) is 3.22. The summed E-state index contributed by atoms with van der Waals surface area (Å²) >= 11 is 5.97. The molecule has 2 heterocycles. The van der Waals surface area contributed by atoms with Crippen molar-refractivity contribution in [3.05, 3.63) is 17.0 Å². The lowest BCUT2D eigenvalue weighted by Crippen LogP contribution is -2.28. The highest BCUT2D eigenvalue weighted by molar-refractivity contribution is 7.91. The molecule has 0 saturated carbocycles. The summed E-state index contributed by atoms with van der Waals surface area (Å²) in [7, 11) is -1.79. The number of hydrogen-bond acceptors (Lipinski definition) is 5. The second-order valence-electron chi connectivity index (χ2n) is 4.46. The highest BCUT2D eigenvalue weighted by atomic mass is 32.2. The Kier molecular flexibility index (Phi) is 4.57. The van der Waals surface area contributed by atoms with Gasteiger partial charge in [-0.2, -0.15) is 4.31 Å². The molecule has 0 bridgehead atoms. The van der Waals surface area contributed by atoms with Gasteiger partial charge in [-0.3, -0.25) is 0 Å². The number of thiophene rings is 1. The van der Waals surface area contributed by atoms with E-state index in [0.29, 0.717) is 28.8 Å². The van der Waals surface area contributed by atoms with Gasteiger partial charge in [0.05, 0.1) is 11.5 Å². The predicted molar refractivity (Wildman–Crippen MR) is 78.9 cm³/mol. The Labute approximate surface area is 122 Å². The highest BCUT2D eigenvalue weighted by Crippen LogP contribution is 2.29. The molecule has 1 saturated heterocycles. The van der Waals surface area contributed by atoms with Crippen molar-refractivity contribution in [1.29, 1.82) is 0 Å². The van der Waals surface area contributed by atoms with Gasteiger partial charge in [0, 0.05) is 20.2 Å². The zero-order valence-electron chi connectivity index (χ0n) is 10.5. The maximum absolute atomic E-state index is 12.4. The molecule has 5 nitrogen and oxygen atoms in total. The van der Waals surface area contributed by atoms with Crippen molar-refractivity contribution in [3.63, 3.8) is 0 Å². The molecule has 2 rings (SSSR count). The van der Waals surface area contributed by atoms with Crippen LogP contribution in [0, 0.1) is 5.92 Å². The molecule has 19 heavy (non-hydrogen) atoms. The molecule has 1 atom stereocenters. The number of methoxy groups -OCH3 is 1. The van der Waals surface area contributed by atoms with E-state index in [1.807, 2.05) is 0 Å². The molecular weight excluding hydrogens is 304 g/mol. The van der Waals surface area contributed by atoms with Crippen LogP contribution in [0.15, 0.2) is 16.3 Å². The lowest BCUT2D eigenvalue weighted by Gasteiger charge is -2.15. The van der Waals surface area contributed by atoms with E-state index in [1.165, 1.54) is 4.31 Å². The van der Waals surface area contributed by atoms with Crippen molar-refractivity contribution in [2.45, 2.75) is 10.6 Å². The van der Waals surface area contributed by atoms with E-state index < -0.39 is 10.0 Å². The van der Waals surface area contributed by atoms with Gasteiger partial charge >= 0.3 is 0 Å². The van der Waals surface area contributed by atoms with Crippen LogP contribution in [0.25, 0.3) is 0 Å². The van der Waals surface area contributed by atoms with E-state index in [2.05, 4.69) is 0 Å². The molecule has 0 radical (unpaired) electrons. The number of nitrogens with two attached hydrogens (primary N) is 1. The van der Waals surface area contributed by atoms with Crippen molar-refractivity contribution in [1.82, 2.24) is 4.31 Å². The molecule has 2 N–H and O–H groups in total. The van der Waals surface area contributed by atoms with Gasteiger partial charge in [0.15, 0.2) is 0 Å². The van der Waals surface area contributed by atoms with E-state index in [1.54, 1.807) is 19.2 Å². The first-order valence-corrected chi connectivity index (χ1v) is 8.50. The van der Waals surface area contributed by atoms with Crippen LogP contribution in [0.4, 0.5) is 0 Å². The number of nitrogens with zero attached hydrogens (tertiary/aromatic N) is 1. The van der Waals surface area contributed by atoms with Gasteiger partial charge in [0.1, 0.15) is 9.20 Å². The molecule has 0 spiro atoms. The first kappa shape index (κ1) is 14.9.